The van der Waals surface area contributed by atoms with Gasteiger partial charge in [-0.25, -0.2) is 9.37 Å². The first-order valence-electron chi connectivity index (χ1n) is 6.78. The molecule has 0 spiro atoms. The van der Waals surface area contributed by atoms with E-state index in [-0.39, 0.29) is 28.2 Å². The maximum atomic E-state index is 14.2. The van der Waals surface area contributed by atoms with Crippen LogP contribution in [0.5, 0.6) is 5.88 Å². The molecule has 8 heteroatoms. The van der Waals surface area contributed by atoms with Gasteiger partial charge in [0.05, 0.1) is 12.9 Å². The monoisotopic (exact) mass is 353 g/mol. The molecule has 1 atom stereocenters. The lowest BCUT2D eigenvalue weighted by Gasteiger charge is -2.23. The van der Waals surface area contributed by atoms with Crippen molar-refractivity contribution in [2.45, 2.75) is 12.3 Å². The highest BCUT2D eigenvalue weighted by molar-refractivity contribution is 8.00. The molecule has 1 saturated heterocycles. The molecule has 1 aromatic carbocycles. The average Bonchev–Trinajstić information content (AvgIpc) is 2.88. The van der Waals surface area contributed by atoms with Crippen molar-refractivity contribution in [1.82, 2.24) is 9.97 Å². The number of methoxy groups -OCH3 is 1. The molecule has 0 radical (unpaired) electrons. The van der Waals surface area contributed by atoms with Gasteiger partial charge in [-0.05, 0) is 19.1 Å². The second-order valence-electron chi connectivity index (χ2n) is 4.91. The average molecular weight is 354 g/mol. The highest BCUT2D eigenvalue weighted by Crippen LogP contribution is 2.44. The summed E-state index contributed by atoms with van der Waals surface area (Å²) in [7, 11) is 1.48. The quantitative estimate of drug-likeness (QED) is 0.846. The maximum Gasteiger partial charge on any atom is 0.240 e. The zero-order chi connectivity index (χ0) is 16.6. The third-order valence-electron chi connectivity index (χ3n) is 3.36. The molecule has 0 N–H and O–H groups in total. The molecular weight excluding hydrogens is 341 g/mol. The van der Waals surface area contributed by atoms with Gasteiger partial charge in [0, 0.05) is 22.3 Å². The summed E-state index contributed by atoms with van der Waals surface area (Å²) in [5.41, 5.74) is 0.907. The molecule has 0 aliphatic carbocycles. The van der Waals surface area contributed by atoms with Gasteiger partial charge >= 0.3 is 0 Å². The van der Waals surface area contributed by atoms with Crippen LogP contribution in [0.2, 0.25) is 5.02 Å². The first-order chi connectivity index (χ1) is 11.0. The topological polar surface area (TPSA) is 55.3 Å². The van der Waals surface area contributed by atoms with Gasteiger partial charge in [0.1, 0.15) is 11.2 Å². The van der Waals surface area contributed by atoms with E-state index in [0.29, 0.717) is 11.6 Å². The molecule has 1 aromatic heterocycles. The Morgan fingerprint density at radius 3 is 2.91 bits per heavy atom. The van der Waals surface area contributed by atoms with Crippen molar-refractivity contribution in [3.05, 3.63) is 46.4 Å². The van der Waals surface area contributed by atoms with E-state index in [0.717, 1.165) is 0 Å². The van der Waals surface area contributed by atoms with Crippen molar-refractivity contribution >= 4 is 35.2 Å². The van der Waals surface area contributed by atoms with Crippen molar-refractivity contribution in [2.75, 3.05) is 17.8 Å². The van der Waals surface area contributed by atoms with Crippen LogP contribution in [0, 0.1) is 12.7 Å². The number of benzene rings is 1. The molecule has 2 heterocycles. The summed E-state index contributed by atoms with van der Waals surface area (Å²) in [5.74, 6) is 0.0626. The van der Waals surface area contributed by atoms with Crippen molar-refractivity contribution in [3.8, 4) is 5.88 Å². The highest BCUT2D eigenvalue weighted by Gasteiger charge is 2.38. The van der Waals surface area contributed by atoms with Crippen LogP contribution in [-0.2, 0) is 4.79 Å². The number of amides is 1. The SMILES string of the molecule is COc1cc(C)nc(N2C(=O)CSC2c2c(F)cccc2Cl)n1. The van der Waals surface area contributed by atoms with E-state index in [1.165, 1.54) is 35.9 Å². The minimum atomic E-state index is -0.609. The first kappa shape index (κ1) is 16.0. The van der Waals surface area contributed by atoms with Crippen molar-refractivity contribution in [2.24, 2.45) is 0 Å². The number of nitrogens with zero attached hydrogens (tertiary/aromatic N) is 3. The van der Waals surface area contributed by atoms with E-state index in [9.17, 15) is 9.18 Å². The summed E-state index contributed by atoms with van der Waals surface area (Å²) in [6.45, 7) is 1.77. The predicted octanol–water partition coefficient (Wildman–Crippen LogP) is 3.36. The van der Waals surface area contributed by atoms with Gasteiger partial charge in [0.25, 0.3) is 0 Å². The Kier molecular flexibility index (Phi) is 4.41. The Bertz CT molecular complexity index is 754. The number of aryl methyl sites for hydroxylation is 1. The molecule has 120 valence electrons. The molecule has 3 rings (SSSR count). The fourth-order valence-electron chi connectivity index (χ4n) is 2.34. The molecule has 5 nitrogen and oxygen atoms in total. The molecule has 23 heavy (non-hydrogen) atoms. The number of anilines is 1. The van der Waals surface area contributed by atoms with Crippen LogP contribution in [0.25, 0.3) is 0 Å². The third-order valence-corrected chi connectivity index (χ3v) is 4.86. The van der Waals surface area contributed by atoms with Gasteiger partial charge in [0.15, 0.2) is 0 Å². The first-order valence-corrected chi connectivity index (χ1v) is 8.21. The lowest BCUT2D eigenvalue weighted by Crippen LogP contribution is -2.30. The molecule has 2 aromatic rings. The van der Waals surface area contributed by atoms with E-state index in [4.69, 9.17) is 16.3 Å². The fourth-order valence-corrected chi connectivity index (χ4v) is 3.88. The lowest BCUT2D eigenvalue weighted by molar-refractivity contribution is -0.115. The Balaban J connectivity index is 2.09. The second kappa shape index (κ2) is 6.33. The number of hydrogen-bond acceptors (Lipinski definition) is 5. The second-order valence-corrected chi connectivity index (χ2v) is 6.39. The van der Waals surface area contributed by atoms with E-state index in [2.05, 4.69) is 9.97 Å². The summed E-state index contributed by atoms with van der Waals surface area (Å²) in [5, 5.41) is -0.343. The molecule has 1 aliphatic rings. The van der Waals surface area contributed by atoms with Gasteiger partial charge in [0.2, 0.25) is 17.7 Å². The zero-order valence-corrected chi connectivity index (χ0v) is 14.0. The van der Waals surface area contributed by atoms with E-state index >= 15 is 0 Å². The van der Waals surface area contributed by atoms with Crippen LogP contribution in [0.15, 0.2) is 24.3 Å². The third kappa shape index (κ3) is 2.98. The van der Waals surface area contributed by atoms with Crippen molar-refractivity contribution < 1.29 is 13.9 Å². The van der Waals surface area contributed by atoms with Crippen LogP contribution in [0.3, 0.4) is 0 Å². The summed E-state index contributed by atoms with van der Waals surface area (Å²) in [6.07, 6.45) is 0. The highest BCUT2D eigenvalue weighted by atomic mass is 35.5. The van der Waals surface area contributed by atoms with E-state index < -0.39 is 11.2 Å². The minimum Gasteiger partial charge on any atom is -0.481 e. The number of thioether (sulfide) groups is 1. The summed E-state index contributed by atoms with van der Waals surface area (Å²) >= 11 is 7.43. The number of carbonyl (C=O) groups excluding carboxylic acids is 1. The van der Waals surface area contributed by atoms with Crippen LogP contribution in [-0.4, -0.2) is 28.7 Å². The maximum absolute atomic E-state index is 14.2. The largest absolute Gasteiger partial charge is 0.481 e. The van der Waals surface area contributed by atoms with Crippen molar-refractivity contribution in [1.29, 1.82) is 0 Å². The Morgan fingerprint density at radius 1 is 1.43 bits per heavy atom. The van der Waals surface area contributed by atoms with Crippen LogP contribution in [0.1, 0.15) is 16.6 Å². The molecular formula is C15H13ClFN3O2S. The summed E-state index contributed by atoms with van der Waals surface area (Å²) < 4.78 is 19.4. The van der Waals surface area contributed by atoms with Gasteiger partial charge in [-0.15, -0.1) is 11.8 Å². The number of halogens is 2. The smallest absolute Gasteiger partial charge is 0.240 e. The number of ether oxygens (including phenoxy) is 1. The molecule has 1 unspecified atom stereocenters. The molecule has 1 amide bonds. The standard InChI is InChI=1S/C15H13ClFN3O2S/c1-8-6-11(22-2)19-15(18-8)20-12(21)7-23-14(20)13-9(16)4-3-5-10(13)17/h3-6,14H,7H2,1-2H3. The van der Waals surface area contributed by atoms with Gasteiger partial charge < -0.3 is 4.74 Å². The van der Waals surface area contributed by atoms with E-state index in [1.807, 2.05) is 0 Å². The molecule has 1 fully saturated rings. The molecule has 0 bridgehead atoms. The summed E-state index contributed by atoms with van der Waals surface area (Å²) in [6, 6.07) is 6.10. The van der Waals surface area contributed by atoms with E-state index in [1.54, 1.807) is 19.1 Å². The normalized spacial score (nSPS) is 17.7. The zero-order valence-electron chi connectivity index (χ0n) is 12.4. The number of aromatic nitrogens is 2. The van der Waals surface area contributed by atoms with Crippen LogP contribution in [0.4, 0.5) is 10.3 Å². The lowest BCUT2D eigenvalue weighted by atomic mass is 10.2. The Labute approximate surface area is 141 Å². The number of hydrogen-bond donors (Lipinski definition) is 0. The Hall–Kier alpha value is -1.86. The molecule has 0 saturated carbocycles. The Morgan fingerprint density at radius 2 is 2.22 bits per heavy atom. The number of carbonyl (C=O) groups is 1. The minimum absolute atomic E-state index is 0.182. The number of rotatable bonds is 3. The van der Waals surface area contributed by atoms with Crippen LogP contribution < -0.4 is 9.64 Å². The predicted molar refractivity (Wildman–Crippen MR) is 87.4 cm³/mol. The fraction of sp³-hybridized carbons (Fsp3) is 0.267. The van der Waals surface area contributed by atoms with Crippen molar-refractivity contribution in [3.63, 3.8) is 0 Å². The van der Waals surface area contributed by atoms with Gasteiger partial charge in [-0.2, -0.15) is 4.98 Å². The molecule has 1 aliphatic heterocycles. The summed E-state index contributed by atoms with van der Waals surface area (Å²) in [4.78, 5) is 22.2. The van der Waals surface area contributed by atoms with Gasteiger partial charge in [-0.3, -0.25) is 9.69 Å². The van der Waals surface area contributed by atoms with Gasteiger partial charge in [-0.1, -0.05) is 17.7 Å². The van der Waals surface area contributed by atoms with Crippen LogP contribution >= 0.6 is 23.4 Å².